The first-order valence-electron chi connectivity index (χ1n) is 6.86. The Kier molecular flexibility index (Phi) is 4.33. The standard InChI is InChI=1S/C17H18ClNO2/c1-10(2)19-15(8-7-14(16(18)20)17(19)21)13-6-5-11(3)12(4)9-13/h5-10H,1-4H3. The quantitative estimate of drug-likeness (QED) is 0.801. The summed E-state index contributed by atoms with van der Waals surface area (Å²) in [4.78, 5) is 23.8. The number of pyridine rings is 1. The minimum atomic E-state index is -0.721. The van der Waals surface area contributed by atoms with Crippen LogP contribution in [0.15, 0.2) is 35.1 Å². The number of hydrogen-bond donors (Lipinski definition) is 0. The van der Waals surface area contributed by atoms with Crippen LogP contribution in [0.5, 0.6) is 0 Å². The van der Waals surface area contributed by atoms with Crippen molar-refractivity contribution >= 4 is 16.8 Å². The number of halogens is 1. The fourth-order valence-electron chi connectivity index (χ4n) is 2.35. The summed E-state index contributed by atoms with van der Waals surface area (Å²) in [6.45, 7) is 7.90. The highest BCUT2D eigenvalue weighted by Gasteiger charge is 2.16. The van der Waals surface area contributed by atoms with Crippen molar-refractivity contribution in [2.24, 2.45) is 0 Å². The maximum Gasteiger partial charge on any atom is 0.263 e. The summed E-state index contributed by atoms with van der Waals surface area (Å²) in [6.07, 6.45) is 0. The van der Waals surface area contributed by atoms with E-state index in [1.165, 1.54) is 11.6 Å². The van der Waals surface area contributed by atoms with Gasteiger partial charge in [0.25, 0.3) is 10.8 Å². The Morgan fingerprint density at radius 2 is 1.76 bits per heavy atom. The molecule has 0 aliphatic heterocycles. The van der Waals surface area contributed by atoms with Crippen LogP contribution in [0, 0.1) is 13.8 Å². The molecule has 0 atom stereocenters. The number of carbonyl (C=O) groups is 1. The van der Waals surface area contributed by atoms with Crippen molar-refractivity contribution in [2.75, 3.05) is 0 Å². The summed E-state index contributed by atoms with van der Waals surface area (Å²) < 4.78 is 1.61. The van der Waals surface area contributed by atoms with Gasteiger partial charge in [0.1, 0.15) is 0 Å². The average Bonchev–Trinajstić information content (AvgIpc) is 2.40. The molecule has 3 nitrogen and oxygen atoms in total. The van der Waals surface area contributed by atoms with Crippen LogP contribution in [0.3, 0.4) is 0 Å². The van der Waals surface area contributed by atoms with E-state index in [4.69, 9.17) is 11.6 Å². The van der Waals surface area contributed by atoms with Gasteiger partial charge in [0.2, 0.25) is 0 Å². The number of rotatable bonds is 3. The number of nitrogens with zero attached hydrogens (tertiary/aromatic N) is 1. The molecule has 0 fully saturated rings. The van der Waals surface area contributed by atoms with Gasteiger partial charge in [-0.2, -0.15) is 0 Å². The molecule has 0 bridgehead atoms. The molecule has 0 spiro atoms. The first kappa shape index (κ1) is 15.5. The van der Waals surface area contributed by atoms with Crippen LogP contribution in [0.2, 0.25) is 0 Å². The lowest BCUT2D eigenvalue weighted by Crippen LogP contribution is -2.27. The molecule has 1 aromatic heterocycles. The van der Waals surface area contributed by atoms with Crippen molar-refractivity contribution in [3.05, 3.63) is 57.4 Å². The van der Waals surface area contributed by atoms with E-state index >= 15 is 0 Å². The maximum absolute atomic E-state index is 12.5. The summed E-state index contributed by atoms with van der Waals surface area (Å²) in [5.41, 5.74) is 3.77. The predicted molar refractivity (Wildman–Crippen MR) is 86.2 cm³/mol. The average molecular weight is 304 g/mol. The monoisotopic (exact) mass is 303 g/mol. The second kappa shape index (κ2) is 5.86. The summed E-state index contributed by atoms with van der Waals surface area (Å²) in [7, 11) is 0. The normalized spacial score (nSPS) is 11.0. The Morgan fingerprint density at radius 1 is 1.10 bits per heavy atom. The molecular formula is C17H18ClNO2. The van der Waals surface area contributed by atoms with Crippen molar-refractivity contribution < 1.29 is 4.79 Å². The molecule has 110 valence electrons. The third kappa shape index (κ3) is 2.93. The number of hydrogen-bond acceptors (Lipinski definition) is 2. The third-order valence-corrected chi connectivity index (χ3v) is 3.85. The van der Waals surface area contributed by atoms with Crippen LogP contribution in [0.1, 0.15) is 41.4 Å². The van der Waals surface area contributed by atoms with Crippen LogP contribution in [-0.2, 0) is 0 Å². The molecule has 0 radical (unpaired) electrons. The number of aromatic nitrogens is 1. The van der Waals surface area contributed by atoms with Crippen LogP contribution in [0.4, 0.5) is 0 Å². The van der Waals surface area contributed by atoms with E-state index in [0.29, 0.717) is 0 Å². The van der Waals surface area contributed by atoms with Gasteiger partial charge in [0, 0.05) is 6.04 Å². The fraction of sp³-hybridized carbons (Fsp3) is 0.294. The summed E-state index contributed by atoms with van der Waals surface area (Å²) in [6, 6.07) is 9.27. The molecule has 4 heteroatoms. The lowest BCUT2D eigenvalue weighted by Gasteiger charge is -2.18. The van der Waals surface area contributed by atoms with Gasteiger partial charge in [-0.1, -0.05) is 12.1 Å². The van der Waals surface area contributed by atoms with Crippen molar-refractivity contribution in [2.45, 2.75) is 33.7 Å². The highest BCUT2D eigenvalue weighted by molar-refractivity contribution is 6.67. The number of benzene rings is 1. The Morgan fingerprint density at radius 3 is 2.29 bits per heavy atom. The molecule has 0 N–H and O–H groups in total. The van der Waals surface area contributed by atoms with E-state index in [0.717, 1.165) is 16.8 Å². The lowest BCUT2D eigenvalue weighted by molar-refractivity contribution is 0.107. The van der Waals surface area contributed by atoms with Crippen LogP contribution < -0.4 is 5.56 Å². The smallest absolute Gasteiger partial charge is 0.263 e. The van der Waals surface area contributed by atoms with Crippen molar-refractivity contribution in [1.82, 2.24) is 4.57 Å². The highest BCUT2D eigenvalue weighted by atomic mass is 35.5. The summed E-state index contributed by atoms with van der Waals surface area (Å²) >= 11 is 5.48. The molecule has 2 rings (SSSR count). The predicted octanol–water partition coefficient (Wildman–Crippen LogP) is 4.09. The van der Waals surface area contributed by atoms with E-state index in [1.54, 1.807) is 10.6 Å². The largest absolute Gasteiger partial charge is 0.305 e. The van der Waals surface area contributed by atoms with Crippen molar-refractivity contribution in [1.29, 1.82) is 0 Å². The molecule has 21 heavy (non-hydrogen) atoms. The van der Waals surface area contributed by atoms with E-state index in [-0.39, 0.29) is 17.2 Å². The summed E-state index contributed by atoms with van der Waals surface area (Å²) in [5, 5.41) is -0.721. The molecule has 0 unspecified atom stereocenters. The fourth-order valence-corrected chi connectivity index (χ4v) is 2.50. The Bertz CT molecular complexity index is 760. The number of carbonyl (C=O) groups excluding carboxylic acids is 1. The molecule has 0 saturated carbocycles. The van der Waals surface area contributed by atoms with Gasteiger partial charge in [-0.05, 0) is 74.2 Å². The van der Waals surface area contributed by atoms with Crippen molar-refractivity contribution in [3.8, 4) is 11.3 Å². The Balaban J connectivity index is 2.74. The first-order valence-corrected chi connectivity index (χ1v) is 7.23. The van der Waals surface area contributed by atoms with Crippen LogP contribution in [-0.4, -0.2) is 9.81 Å². The highest BCUT2D eigenvalue weighted by Crippen LogP contribution is 2.24. The number of aryl methyl sites for hydroxylation is 2. The van der Waals surface area contributed by atoms with Crippen molar-refractivity contribution in [3.63, 3.8) is 0 Å². The second-order valence-corrected chi connectivity index (χ2v) is 5.82. The Hall–Kier alpha value is -1.87. The second-order valence-electron chi connectivity index (χ2n) is 5.47. The first-order chi connectivity index (χ1) is 9.82. The molecule has 0 saturated heterocycles. The third-order valence-electron chi connectivity index (χ3n) is 3.65. The zero-order chi connectivity index (χ0) is 15.7. The van der Waals surface area contributed by atoms with Gasteiger partial charge < -0.3 is 4.57 Å². The topological polar surface area (TPSA) is 39.1 Å². The van der Waals surface area contributed by atoms with E-state index in [2.05, 4.69) is 0 Å². The van der Waals surface area contributed by atoms with E-state index < -0.39 is 5.24 Å². The van der Waals surface area contributed by atoms with Gasteiger partial charge in [-0.15, -0.1) is 0 Å². The van der Waals surface area contributed by atoms with Gasteiger partial charge in [0.15, 0.2) is 0 Å². The summed E-state index contributed by atoms with van der Waals surface area (Å²) in [5.74, 6) is 0. The molecule has 0 amide bonds. The molecule has 0 aliphatic rings. The minimum Gasteiger partial charge on any atom is -0.305 e. The molecule has 2 aromatic rings. The lowest BCUT2D eigenvalue weighted by atomic mass is 10.0. The Labute approximate surface area is 129 Å². The molecule has 1 aromatic carbocycles. The minimum absolute atomic E-state index is 0.0120. The van der Waals surface area contributed by atoms with Gasteiger partial charge in [0.05, 0.1) is 11.3 Å². The SMILES string of the molecule is Cc1ccc(-c2ccc(C(=O)Cl)c(=O)n2C(C)C)cc1C. The van der Waals surface area contributed by atoms with Gasteiger partial charge in [-0.25, -0.2) is 0 Å². The zero-order valence-corrected chi connectivity index (χ0v) is 13.4. The zero-order valence-electron chi connectivity index (χ0n) is 12.6. The van der Waals surface area contributed by atoms with Crippen LogP contribution in [0.25, 0.3) is 11.3 Å². The van der Waals surface area contributed by atoms with E-state index in [1.807, 2.05) is 45.9 Å². The van der Waals surface area contributed by atoms with Crippen LogP contribution >= 0.6 is 11.6 Å². The van der Waals surface area contributed by atoms with E-state index in [9.17, 15) is 9.59 Å². The molecular weight excluding hydrogens is 286 g/mol. The molecule has 0 aliphatic carbocycles. The molecule has 1 heterocycles. The van der Waals surface area contributed by atoms with Gasteiger partial charge >= 0.3 is 0 Å². The van der Waals surface area contributed by atoms with Gasteiger partial charge in [-0.3, -0.25) is 9.59 Å². The maximum atomic E-state index is 12.5.